The highest BCUT2D eigenvalue weighted by molar-refractivity contribution is 4.93. The summed E-state index contributed by atoms with van der Waals surface area (Å²) in [6.07, 6.45) is 5.65. The smallest absolute Gasteiger partial charge is 0.0197 e. The molecule has 2 aliphatic carbocycles. The Bertz CT molecular complexity index is 250. The van der Waals surface area contributed by atoms with Gasteiger partial charge in [0, 0.05) is 24.7 Å². The first-order valence-corrected chi connectivity index (χ1v) is 7.75. The van der Waals surface area contributed by atoms with Gasteiger partial charge in [-0.1, -0.05) is 6.92 Å². The van der Waals surface area contributed by atoms with Gasteiger partial charge in [0.2, 0.25) is 0 Å². The van der Waals surface area contributed by atoms with Gasteiger partial charge in [0.15, 0.2) is 0 Å². The highest BCUT2D eigenvalue weighted by Gasteiger charge is 2.37. The van der Waals surface area contributed by atoms with Crippen LogP contribution in [0.25, 0.3) is 0 Å². The summed E-state index contributed by atoms with van der Waals surface area (Å²) < 4.78 is 0. The average Bonchev–Trinajstić information content (AvgIpc) is 3.06. The molecule has 3 heteroatoms. The Morgan fingerprint density at radius 2 is 1.89 bits per heavy atom. The third kappa shape index (κ3) is 3.69. The van der Waals surface area contributed by atoms with Gasteiger partial charge in [-0.3, -0.25) is 4.90 Å². The lowest BCUT2D eigenvalue weighted by molar-refractivity contribution is 0.0287. The zero-order valence-corrected chi connectivity index (χ0v) is 12.7. The second-order valence-corrected chi connectivity index (χ2v) is 6.53. The van der Waals surface area contributed by atoms with Gasteiger partial charge in [-0.15, -0.1) is 0 Å². The third-order valence-electron chi connectivity index (χ3n) is 4.61. The molecule has 0 bridgehead atoms. The molecule has 0 spiro atoms. The molecule has 0 heterocycles. The van der Waals surface area contributed by atoms with E-state index in [4.69, 9.17) is 0 Å². The Hall–Kier alpha value is -0.120. The number of rotatable bonds is 8. The number of likely N-dealkylation sites (N-methyl/N-ethyl adjacent to an activating group) is 2. The minimum absolute atomic E-state index is 0.679. The lowest BCUT2D eigenvalue weighted by atomic mass is 9.77. The average molecular weight is 253 g/mol. The molecular weight excluding hydrogens is 222 g/mol. The van der Waals surface area contributed by atoms with Crippen LogP contribution in [0.1, 0.15) is 39.5 Å². The van der Waals surface area contributed by atoms with Gasteiger partial charge in [-0.05, 0) is 65.7 Å². The van der Waals surface area contributed by atoms with E-state index in [0.717, 1.165) is 18.0 Å². The third-order valence-corrected chi connectivity index (χ3v) is 4.61. The van der Waals surface area contributed by atoms with E-state index >= 15 is 0 Å². The van der Waals surface area contributed by atoms with Crippen LogP contribution in [0.15, 0.2) is 0 Å². The van der Waals surface area contributed by atoms with Crippen LogP contribution in [0.3, 0.4) is 0 Å². The van der Waals surface area contributed by atoms with E-state index in [1.807, 2.05) is 0 Å². The van der Waals surface area contributed by atoms with Crippen LogP contribution in [0.4, 0.5) is 0 Å². The molecule has 0 radical (unpaired) electrons. The first-order chi connectivity index (χ1) is 8.61. The molecule has 18 heavy (non-hydrogen) atoms. The van der Waals surface area contributed by atoms with Crippen LogP contribution in [0.2, 0.25) is 0 Å². The summed E-state index contributed by atoms with van der Waals surface area (Å²) in [5, 5.41) is 3.71. The van der Waals surface area contributed by atoms with Crippen molar-refractivity contribution in [3.05, 3.63) is 0 Å². The fraction of sp³-hybridized carbons (Fsp3) is 1.00. The second kappa shape index (κ2) is 6.36. The Morgan fingerprint density at radius 3 is 2.33 bits per heavy atom. The Balaban J connectivity index is 1.78. The maximum Gasteiger partial charge on any atom is 0.0197 e. The molecule has 3 atom stereocenters. The lowest BCUT2D eigenvalue weighted by Crippen LogP contribution is -2.55. The first kappa shape index (κ1) is 14.3. The Labute approximate surface area is 113 Å². The van der Waals surface area contributed by atoms with Gasteiger partial charge in [0.25, 0.3) is 0 Å². The highest BCUT2D eigenvalue weighted by atomic mass is 15.2. The molecule has 2 rings (SSSR count). The van der Waals surface area contributed by atoms with E-state index in [1.54, 1.807) is 0 Å². The maximum absolute atomic E-state index is 3.71. The van der Waals surface area contributed by atoms with Gasteiger partial charge in [0.05, 0.1) is 0 Å². The second-order valence-electron chi connectivity index (χ2n) is 6.53. The fourth-order valence-corrected chi connectivity index (χ4v) is 3.34. The molecule has 0 saturated heterocycles. The molecule has 0 amide bonds. The molecule has 3 nitrogen and oxygen atoms in total. The van der Waals surface area contributed by atoms with Gasteiger partial charge in [0.1, 0.15) is 0 Å². The molecule has 2 saturated carbocycles. The summed E-state index contributed by atoms with van der Waals surface area (Å²) >= 11 is 0. The molecule has 3 unspecified atom stereocenters. The summed E-state index contributed by atoms with van der Waals surface area (Å²) in [4.78, 5) is 5.03. The summed E-state index contributed by atoms with van der Waals surface area (Å²) in [5.41, 5.74) is 0. The lowest BCUT2D eigenvalue weighted by Gasteiger charge is -2.47. The zero-order valence-electron chi connectivity index (χ0n) is 12.7. The fourth-order valence-electron chi connectivity index (χ4n) is 3.34. The molecular formula is C15H31N3. The summed E-state index contributed by atoms with van der Waals surface area (Å²) in [6.45, 7) is 8.32. The predicted octanol–water partition coefficient (Wildman–Crippen LogP) is 1.79. The number of hydrogen-bond donors (Lipinski definition) is 1. The standard InChI is InChI=1S/C15H31N3/c1-5-18(12(2)11-17(3)4)15-9-6-13(15)10-16-14-7-8-14/h12-16H,5-11H2,1-4H3. The first-order valence-electron chi connectivity index (χ1n) is 7.75. The van der Waals surface area contributed by atoms with Crippen molar-refractivity contribution in [2.45, 2.75) is 57.7 Å². The van der Waals surface area contributed by atoms with Gasteiger partial charge < -0.3 is 10.2 Å². The van der Waals surface area contributed by atoms with Crippen molar-refractivity contribution in [1.82, 2.24) is 15.1 Å². The monoisotopic (exact) mass is 253 g/mol. The number of nitrogens with zero attached hydrogens (tertiary/aromatic N) is 2. The maximum atomic E-state index is 3.71. The molecule has 0 aromatic heterocycles. The number of hydrogen-bond acceptors (Lipinski definition) is 3. The van der Waals surface area contributed by atoms with E-state index < -0.39 is 0 Å². The van der Waals surface area contributed by atoms with Gasteiger partial charge >= 0.3 is 0 Å². The van der Waals surface area contributed by atoms with E-state index in [2.05, 4.69) is 43.1 Å². The topological polar surface area (TPSA) is 18.5 Å². The van der Waals surface area contributed by atoms with E-state index in [9.17, 15) is 0 Å². The summed E-state index contributed by atoms with van der Waals surface area (Å²) in [5.74, 6) is 0.898. The quantitative estimate of drug-likeness (QED) is 0.711. The zero-order chi connectivity index (χ0) is 13.1. The van der Waals surface area contributed by atoms with Crippen molar-refractivity contribution in [1.29, 1.82) is 0 Å². The van der Waals surface area contributed by atoms with Crippen LogP contribution in [-0.4, -0.2) is 61.7 Å². The molecule has 1 N–H and O–H groups in total. The van der Waals surface area contributed by atoms with Crippen molar-refractivity contribution >= 4 is 0 Å². The molecule has 0 aliphatic heterocycles. The highest BCUT2D eigenvalue weighted by Crippen LogP contribution is 2.33. The van der Waals surface area contributed by atoms with Crippen LogP contribution in [-0.2, 0) is 0 Å². The molecule has 0 aromatic rings. The minimum atomic E-state index is 0.679. The molecule has 0 aromatic carbocycles. The van der Waals surface area contributed by atoms with Gasteiger partial charge in [-0.25, -0.2) is 0 Å². The Kier molecular flexibility index (Phi) is 5.05. The van der Waals surface area contributed by atoms with Crippen LogP contribution >= 0.6 is 0 Å². The van der Waals surface area contributed by atoms with Crippen molar-refractivity contribution in [3.8, 4) is 0 Å². The van der Waals surface area contributed by atoms with Crippen molar-refractivity contribution in [2.24, 2.45) is 5.92 Å². The molecule has 106 valence electrons. The Morgan fingerprint density at radius 1 is 1.17 bits per heavy atom. The van der Waals surface area contributed by atoms with Crippen LogP contribution < -0.4 is 5.32 Å². The van der Waals surface area contributed by atoms with Crippen molar-refractivity contribution in [3.63, 3.8) is 0 Å². The minimum Gasteiger partial charge on any atom is -0.314 e. The van der Waals surface area contributed by atoms with Crippen molar-refractivity contribution in [2.75, 3.05) is 33.7 Å². The number of nitrogens with one attached hydrogen (secondary N) is 1. The SMILES string of the molecule is CCN(C(C)CN(C)C)C1CCC1CNC1CC1. The van der Waals surface area contributed by atoms with E-state index in [1.165, 1.54) is 45.3 Å². The van der Waals surface area contributed by atoms with E-state index in [0.29, 0.717) is 6.04 Å². The summed E-state index contributed by atoms with van der Waals surface area (Å²) in [7, 11) is 4.36. The van der Waals surface area contributed by atoms with E-state index in [-0.39, 0.29) is 0 Å². The normalized spacial score (nSPS) is 29.7. The predicted molar refractivity (Wildman–Crippen MR) is 77.9 cm³/mol. The summed E-state index contributed by atoms with van der Waals surface area (Å²) in [6, 6.07) is 2.37. The van der Waals surface area contributed by atoms with Crippen molar-refractivity contribution < 1.29 is 0 Å². The molecule has 2 fully saturated rings. The molecule has 2 aliphatic rings. The van der Waals surface area contributed by atoms with Crippen LogP contribution in [0.5, 0.6) is 0 Å². The van der Waals surface area contributed by atoms with Gasteiger partial charge in [-0.2, -0.15) is 0 Å². The largest absolute Gasteiger partial charge is 0.314 e. The van der Waals surface area contributed by atoms with Crippen LogP contribution in [0, 0.1) is 5.92 Å².